The van der Waals surface area contributed by atoms with Crippen LogP contribution in [-0.4, -0.2) is 25.1 Å². The van der Waals surface area contributed by atoms with Crippen molar-refractivity contribution in [3.8, 4) is 5.75 Å². The molecule has 2 rings (SSSR count). The second-order valence-electron chi connectivity index (χ2n) is 5.70. The molecule has 142 valence electrons. The number of halogens is 2. The molecule has 2 aromatic carbocycles. The van der Waals surface area contributed by atoms with Gasteiger partial charge < -0.3 is 14.8 Å². The van der Waals surface area contributed by atoms with Crippen molar-refractivity contribution in [3.63, 3.8) is 0 Å². The third kappa shape index (κ3) is 6.54. The summed E-state index contributed by atoms with van der Waals surface area (Å²) in [5.74, 6) is -1.12. The molecular weight excluding hydrogens is 356 g/mol. The normalized spacial score (nSPS) is 10.9. The fraction of sp³-hybridized carbons (Fsp3) is 0.200. The van der Waals surface area contributed by atoms with E-state index in [2.05, 4.69) is 10.1 Å². The fourth-order valence-corrected chi connectivity index (χ4v) is 2.30. The highest BCUT2D eigenvalue weighted by molar-refractivity contribution is 5.95. The maximum Gasteiger partial charge on any atom is 0.387 e. The van der Waals surface area contributed by atoms with Gasteiger partial charge in [0.05, 0.1) is 0 Å². The standard InChI is InChI=1S/C20H19F2NO4/c1-13-4-3-5-14(2)19(13)23-17(24)12-26-18(25)11-8-15-6-9-16(10-7-15)27-20(21)22/h3-11,20H,12H2,1-2H3,(H,23,24)/b11-8+. The Morgan fingerprint density at radius 1 is 1.07 bits per heavy atom. The van der Waals surface area contributed by atoms with Crippen LogP contribution < -0.4 is 10.1 Å². The first kappa shape index (κ1) is 20.1. The number of para-hydroxylation sites is 1. The summed E-state index contributed by atoms with van der Waals surface area (Å²) in [6.45, 7) is 0.429. The largest absolute Gasteiger partial charge is 0.452 e. The van der Waals surface area contributed by atoms with Crippen molar-refractivity contribution in [2.45, 2.75) is 20.5 Å². The number of aryl methyl sites for hydroxylation is 2. The minimum atomic E-state index is -2.89. The third-order valence-electron chi connectivity index (χ3n) is 3.61. The SMILES string of the molecule is Cc1cccc(C)c1NC(=O)COC(=O)/C=C/c1ccc(OC(F)F)cc1. The van der Waals surface area contributed by atoms with E-state index < -0.39 is 25.1 Å². The van der Waals surface area contributed by atoms with Gasteiger partial charge in [0.2, 0.25) is 0 Å². The number of carbonyl (C=O) groups is 2. The van der Waals surface area contributed by atoms with Crippen LogP contribution in [0.3, 0.4) is 0 Å². The second kappa shape index (κ2) is 9.47. The van der Waals surface area contributed by atoms with Crippen molar-refractivity contribution in [2.24, 2.45) is 0 Å². The molecule has 0 saturated carbocycles. The Balaban J connectivity index is 1.83. The Morgan fingerprint density at radius 2 is 1.70 bits per heavy atom. The summed E-state index contributed by atoms with van der Waals surface area (Å²) in [5, 5.41) is 2.71. The molecule has 0 aliphatic heterocycles. The van der Waals surface area contributed by atoms with E-state index >= 15 is 0 Å². The predicted molar refractivity (Wildman–Crippen MR) is 97.6 cm³/mol. The van der Waals surface area contributed by atoms with Crippen LogP contribution in [0, 0.1) is 13.8 Å². The van der Waals surface area contributed by atoms with Crippen LogP contribution in [0.4, 0.5) is 14.5 Å². The highest BCUT2D eigenvalue weighted by Gasteiger charge is 2.09. The van der Waals surface area contributed by atoms with Crippen LogP contribution in [0.5, 0.6) is 5.75 Å². The van der Waals surface area contributed by atoms with Gasteiger partial charge in [-0.15, -0.1) is 0 Å². The van der Waals surface area contributed by atoms with E-state index in [0.29, 0.717) is 11.3 Å². The topological polar surface area (TPSA) is 64.6 Å². The van der Waals surface area contributed by atoms with Crippen molar-refractivity contribution in [3.05, 3.63) is 65.2 Å². The number of nitrogens with one attached hydrogen (secondary N) is 1. The van der Waals surface area contributed by atoms with E-state index in [-0.39, 0.29) is 5.75 Å². The number of anilines is 1. The molecule has 0 aliphatic rings. The molecule has 1 amide bonds. The Kier molecular flexibility index (Phi) is 7.05. The van der Waals surface area contributed by atoms with Gasteiger partial charge in [0.15, 0.2) is 6.61 Å². The molecule has 2 aromatic rings. The molecule has 0 heterocycles. The summed E-state index contributed by atoms with van der Waals surface area (Å²) >= 11 is 0. The van der Waals surface area contributed by atoms with Gasteiger partial charge in [0, 0.05) is 11.8 Å². The van der Waals surface area contributed by atoms with E-state index in [0.717, 1.165) is 17.2 Å². The molecule has 0 atom stereocenters. The summed E-state index contributed by atoms with van der Waals surface area (Å²) in [5.41, 5.74) is 3.11. The highest BCUT2D eigenvalue weighted by atomic mass is 19.3. The molecule has 0 unspecified atom stereocenters. The van der Waals surface area contributed by atoms with Gasteiger partial charge in [0.1, 0.15) is 5.75 Å². The molecule has 0 aromatic heterocycles. The maximum atomic E-state index is 12.1. The Labute approximate surface area is 155 Å². The number of benzene rings is 2. The van der Waals surface area contributed by atoms with E-state index in [1.54, 1.807) is 0 Å². The lowest BCUT2D eigenvalue weighted by Gasteiger charge is -2.11. The van der Waals surface area contributed by atoms with Gasteiger partial charge in [-0.3, -0.25) is 4.79 Å². The van der Waals surface area contributed by atoms with Crippen LogP contribution in [0.1, 0.15) is 16.7 Å². The zero-order valence-corrected chi connectivity index (χ0v) is 14.9. The van der Waals surface area contributed by atoms with Crippen molar-refractivity contribution in [2.75, 3.05) is 11.9 Å². The minimum Gasteiger partial charge on any atom is -0.452 e. The van der Waals surface area contributed by atoms with Crippen molar-refractivity contribution in [1.82, 2.24) is 0 Å². The maximum absolute atomic E-state index is 12.1. The van der Waals surface area contributed by atoms with Gasteiger partial charge >= 0.3 is 12.6 Å². The number of amides is 1. The number of ether oxygens (including phenoxy) is 2. The zero-order chi connectivity index (χ0) is 19.8. The Bertz CT molecular complexity index is 812. The van der Waals surface area contributed by atoms with Gasteiger partial charge in [-0.05, 0) is 48.7 Å². The molecule has 0 fully saturated rings. The molecule has 27 heavy (non-hydrogen) atoms. The highest BCUT2D eigenvalue weighted by Crippen LogP contribution is 2.19. The first-order valence-electron chi connectivity index (χ1n) is 8.11. The second-order valence-corrected chi connectivity index (χ2v) is 5.70. The van der Waals surface area contributed by atoms with Crippen molar-refractivity contribution < 1.29 is 27.8 Å². The molecule has 7 heteroatoms. The van der Waals surface area contributed by atoms with E-state index in [9.17, 15) is 18.4 Å². The fourth-order valence-electron chi connectivity index (χ4n) is 2.30. The number of alkyl halides is 2. The van der Waals surface area contributed by atoms with E-state index in [1.807, 2.05) is 32.0 Å². The summed E-state index contributed by atoms with van der Waals surface area (Å²) in [4.78, 5) is 23.6. The molecule has 0 radical (unpaired) electrons. The zero-order valence-electron chi connectivity index (χ0n) is 14.9. The lowest BCUT2D eigenvalue weighted by molar-refractivity contribution is -0.142. The summed E-state index contributed by atoms with van der Waals surface area (Å²) in [6.07, 6.45) is 2.59. The Hall–Kier alpha value is -3.22. The average Bonchev–Trinajstić information content (AvgIpc) is 2.62. The van der Waals surface area contributed by atoms with Crippen molar-refractivity contribution in [1.29, 1.82) is 0 Å². The number of esters is 1. The van der Waals surface area contributed by atoms with E-state index in [1.165, 1.54) is 30.3 Å². The van der Waals surface area contributed by atoms with Gasteiger partial charge in [-0.1, -0.05) is 30.3 Å². The quantitative estimate of drug-likeness (QED) is 0.585. The van der Waals surface area contributed by atoms with E-state index in [4.69, 9.17) is 4.74 Å². The lowest BCUT2D eigenvalue weighted by atomic mass is 10.1. The molecule has 0 bridgehead atoms. The Morgan fingerprint density at radius 3 is 2.30 bits per heavy atom. The first-order valence-corrected chi connectivity index (χ1v) is 8.11. The predicted octanol–water partition coefficient (Wildman–Crippen LogP) is 4.10. The smallest absolute Gasteiger partial charge is 0.387 e. The molecule has 1 N–H and O–H groups in total. The van der Waals surface area contributed by atoms with Gasteiger partial charge in [-0.25, -0.2) is 4.79 Å². The van der Waals surface area contributed by atoms with Gasteiger partial charge in [0.25, 0.3) is 5.91 Å². The van der Waals surface area contributed by atoms with Gasteiger partial charge in [-0.2, -0.15) is 8.78 Å². The molecule has 0 aliphatic carbocycles. The van der Waals surface area contributed by atoms with Crippen LogP contribution in [0.25, 0.3) is 6.08 Å². The monoisotopic (exact) mass is 375 g/mol. The molecular formula is C20H19F2NO4. The summed E-state index contributed by atoms with van der Waals surface area (Å²) in [7, 11) is 0. The minimum absolute atomic E-state index is 0.0212. The number of rotatable bonds is 7. The lowest BCUT2D eigenvalue weighted by Crippen LogP contribution is -2.21. The number of hydrogen-bond donors (Lipinski definition) is 1. The third-order valence-corrected chi connectivity index (χ3v) is 3.61. The van der Waals surface area contributed by atoms with Crippen LogP contribution in [-0.2, 0) is 14.3 Å². The molecule has 5 nitrogen and oxygen atoms in total. The average molecular weight is 375 g/mol. The number of carbonyl (C=O) groups excluding carboxylic acids is 2. The summed E-state index contributed by atoms with van der Waals surface area (Å²) < 4.78 is 33.3. The first-order chi connectivity index (χ1) is 12.8. The number of hydrogen-bond acceptors (Lipinski definition) is 4. The summed E-state index contributed by atoms with van der Waals surface area (Å²) in [6, 6.07) is 11.4. The molecule has 0 saturated heterocycles. The van der Waals surface area contributed by atoms with Crippen LogP contribution in [0.15, 0.2) is 48.5 Å². The molecule has 0 spiro atoms. The van der Waals surface area contributed by atoms with Crippen LogP contribution >= 0.6 is 0 Å². The van der Waals surface area contributed by atoms with Crippen LogP contribution in [0.2, 0.25) is 0 Å². The van der Waals surface area contributed by atoms with Crippen molar-refractivity contribution >= 4 is 23.6 Å².